The molecule has 7 heteroatoms. The number of nitrogens with zero attached hydrogens (tertiary/aromatic N) is 2. The van der Waals surface area contributed by atoms with Gasteiger partial charge in [0.05, 0.1) is 12.7 Å². The predicted octanol–water partition coefficient (Wildman–Crippen LogP) is 2.99. The van der Waals surface area contributed by atoms with Crippen molar-refractivity contribution in [1.29, 1.82) is 0 Å². The molecule has 2 rings (SSSR count). The van der Waals surface area contributed by atoms with Crippen LogP contribution in [-0.4, -0.2) is 29.2 Å². The van der Waals surface area contributed by atoms with E-state index in [4.69, 9.17) is 0 Å². The maximum Gasteiger partial charge on any atom is 0.337 e. The van der Waals surface area contributed by atoms with Gasteiger partial charge in [-0.15, -0.1) is 10.2 Å². The summed E-state index contributed by atoms with van der Waals surface area (Å²) >= 11 is 0. The van der Waals surface area contributed by atoms with Gasteiger partial charge in [0.15, 0.2) is 11.6 Å². The second kappa shape index (κ2) is 8.05. The van der Waals surface area contributed by atoms with Gasteiger partial charge in [-0.2, -0.15) is 0 Å². The number of benzene rings is 1. The highest BCUT2D eigenvalue weighted by molar-refractivity contribution is 5.90. The zero-order valence-electron chi connectivity index (χ0n) is 13.9. The lowest BCUT2D eigenvalue weighted by molar-refractivity contribution is -0.116. The number of rotatable bonds is 6. The highest BCUT2D eigenvalue weighted by atomic mass is 16.5. The number of carbonyl (C=O) groups excluding carboxylic acids is 2. The first-order valence-corrected chi connectivity index (χ1v) is 7.57. The van der Waals surface area contributed by atoms with Gasteiger partial charge in [0.1, 0.15) is 0 Å². The molecule has 0 saturated heterocycles. The van der Waals surface area contributed by atoms with Gasteiger partial charge in [-0.1, -0.05) is 13.8 Å². The van der Waals surface area contributed by atoms with Crippen molar-refractivity contribution in [2.75, 3.05) is 17.7 Å². The Balaban J connectivity index is 1.96. The topological polar surface area (TPSA) is 93.2 Å². The molecule has 0 spiro atoms. The molecule has 2 aromatic rings. The van der Waals surface area contributed by atoms with E-state index in [-0.39, 0.29) is 17.8 Å². The third-order valence-electron chi connectivity index (χ3n) is 3.10. The fourth-order valence-corrected chi connectivity index (χ4v) is 1.99. The smallest absolute Gasteiger partial charge is 0.337 e. The molecule has 1 heterocycles. The molecule has 0 atom stereocenters. The van der Waals surface area contributed by atoms with Gasteiger partial charge in [-0.25, -0.2) is 4.79 Å². The Morgan fingerprint density at radius 2 is 1.67 bits per heavy atom. The van der Waals surface area contributed by atoms with E-state index in [0.717, 1.165) is 5.69 Å². The zero-order chi connectivity index (χ0) is 17.5. The lowest BCUT2D eigenvalue weighted by atomic mass is 10.1. The van der Waals surface area contributed by atoms with E-state index in [1.54, 1.807) is 36.4 Å². The maximum absolute atomic E-state index is 11.7. The molecule has 2 N–H and O–H groups in total. The molecule has 0 radical (unpaired) electrons. The van der Waals surface area contributed by atoms with Crippen LogP contribution in [0.4, 0.5) is 17.3 Å². The fraction of sp³-hybridized carbons (Fsp3) is 0.294. The van der Waals surface area contributed by atoms with Crippen LogP contribution >= 0.6 is 0 Å². The second-order valence-corrected chi connectivity index (χ2v) is 5.64. The first kappa shape index (κ1) is 17.4. The SMILES string of the molecule is COC(=O)c1ccc(Nc2ccc(NC(=O)CC(C)C)nn2)cc1. The number of methoxy groups -OCH3 is 1. The number of ether oxygens (including phenoxy) is 1. The highest BCUT2D eigenvalue weighted by Crippen LogP contribution is 2.16. The van der Waals surface area contributed by atoms with Crippen LogP contribution in [0.25, 0.3) is 0 Å². The fourth-order valence-electron chi connectivity index (χ4n) is 1.99. The zero-order valence-corrected chi connectivity index (χ0v) is 13.9. The van der Waals surface area contributed by atoms with Crippen LogP contribution in [0.2, 0.25) is 0 Å². The van der Waals surface area contributed by atoms with Crippen molar-refractivity contribution in [2.45, 2.75) is 20.3 Å². The minimum Gasteiger partial charge on any atom is -0.465 e. The number of hydrogen-bond donors (Lipinski definition) is 2. The molecule has 0 unspecified atom stereocenters. The van der Waals surface area contributed by atoms with Gasteiger partial charge in [0.25, 0.3) is 0 Å². The van der Waals surface area contributed by atoms with Gasteiger partial charge >= 0.3 is 5.97 Å². The third kappa shape index (κ3) is 5.05. The molecule has 24 heavy (non-hydrogen) atoms. The molecule has 0 bridgehead atoms. The molecular weight excluding hydrogens is 308 g/mol. The number of carbonyl (C=O) groups is 2. The van der Waals surface area contributed by atoms with Gasteiger partial charge in [0, 0.05) is 12.1 Å². The van der Waals surface area contributed by atoms with E-state index in [1.165, 1.54) is 7.11 Å². The monoisotopic (exact) mass is 328 g/mol. The Kier molecular flexibility index (Phi) is 5.83. The van der Waals surface area contributed by atoms with E-state index >= 15 is 0 Å². The molecule has 0 aliphatic rings. The number of anilines is 3. The Morgan fingerprint density at radius 1 is 1.04 bits per heavy atom. The summed E-state index contributed by atoms with van der Waals surface area (Å²) in [4.78, 5) is 23.1. The summed E-state index contributed by atoms with van der Waals surface area (Å²) in [5.74, 6) is 0.753. The number of nitrogens with one attached hydrogen (secondary N) is 2. The van der Waals surface area contributed by atoms with Crippen LogP contribution in [-0.2, 0) is 9.53 Å². The molecule has 0 aliphatic carbocycles. The summed E-state index contributed by atoms with van der Waals surface area (Å²) in [6.45, 7) is 3.95. The summed E-state index contributed by atoms with van der Waals surface area (Å²) in [5.41, 5.74) is 1.23. The van der Waals surface area contributed by atoms with Crippen LogP contribution in [0.5, 0.6) is 0 Å². The maximum atomic E-state index is 11.7. The van der Waals surface area contributed by atoms with E-state index < -0.39 is 0 Å². The minimum absolute atomic E-state index is 0.0848. The summed E-state index contributed by atoms with van der Waals surface area (Å²) in [7, 11) is 1.34. The summed E-state index contributed by atoms with van der Waals surface area (Å²) < 4.78 is 4.65. The second-order valence-electron chi connectivity index (χ2n) is 5.64. The van der Waals surface area contributed by atoms with E-state index in [1.807, 2.05) is 13.8 Å². The molecule has 0 saturated carbocycles. The first-order chi connectivity index (χ1) is 11.5. The summed E-state index contributed by atoms with van der Waals surface area (Å²) in [5, 5.41) is 13.7. The largest absolute Gasteiger partial charge is 0.465 e. The van der Waals surface area contributed by atoms with E-state index in [9.17, 15) is 9.59 Å². The van der Waals surface area contributed by atoms with Gasteiger partial charge in [-0.05, 0) is 42.3 Å². The number of esters is 1. The van der Waals surface area contributed by atoms with Crippen molar-refractivity contribution in [1.82, 2.24) is 10.2 Å². The van der Waals surface area contributed by atoms with Gasteiger partial charge in [0.2, 0.25) is 5.91 Å². The van der Waals surface area contributed by atoms with Crippen molar-refractivity contribution in [3.05, 3.63) is 42.0 Å². The van der Waals surface area contributed by atoms with Crippen molar-refractivity contribution in [3.63, 3.8) is 0 Å². The number of amides is 1. The first-order valence-electron chi connectivity index (χ1n) is 7.57. The molecule has 0 aliphatic heterocycles. The van der Waals surface area contributed by atoms with E-state index in [2.05, 4.69) is 25.6 Å². The Bertz CT molecular complexity index is 697. The lowest BCUT2D eigenvalue weighted by Gasteiger charge is -2.08. The van der Waals surface area contributed by atoms with Crippen molar-refractivity contribution in [3.8, 4) is 0 Å². The van der Waals surface area contributed by atoms with Crippen LogP contribution in [0, 0.1) is 5.92 Å². The molecule has 1 amide bonds. The van der Waals surface area contributed by atoms with Crippen molar-refractivity contribution in [2.24, 2.45) is 5.92 Å². The van der Waals surface area contributed by atoms with Crippen LogP contribution in [0.3, 0.4) is 0 Å². The van der Waals surface area contributed by atoms with E-state index in [0.29, 0.717) is 23.6 Å². The third-order valence-corrected chi connectivity index (χ3v) is 3.10. The van der Waals surface area contributed by atoms with Crippen LogP contribution < -0.4 is 10.6 Å². The van der Waals surface area contributed by atoms with Crippen molar-refractivity contribution < 1.29 is 14.3 Å². The molecule has 7 nitrogen and oxygen atoms in total. The molecule has 126 valence electrons. The molecule has 1 aromatic carbocycles. The minimum atomic E-state index is -0.386. The quantitative estimate of drug-likeness (QED) is 0.792. The van der Waals surface area contributed by atoms with Crippen molar-refractivity contribution >= 4 is 29.2 Å². The Morgan fingerprint density at radius 3 is 2.21 bits per heavy atom. The average Bonchev–Trinajstić information content (AvgIpc) is 2.56. The molecule has 1 aromatic heterocycles. The lowest BCUT2D eigenvalue weighted by Crippen LogP contribution is -2.15. The summed E-state index contributed by atoms with van der Waals surface area (Å²) in [6.07, 6.45) is 0.439. The predicted molar refractivity (Wildman–Crippen MR) is 91.2 cm³/mol. The molecular formula is C17H20N4O3. The van der Waals surface area contributed by atoms with Gasteiger partial charge in [-0.3, -0.25) is 4.79 Å². The highest BCUT2D eigenvalue weighted by Gasteiger charge is 2.07. The van der Waals surface area contributed by atoms with Crippen LogP contribution in [0.1, 0.15) is 30.6 Å². The number of aromatic nitrogens is 2. The standard InChI is InChI=1S/C17H20N4O3/c1-11(2)10-16(22)19-15-9-8-14(20-21-15)18-13-6-4-12(5-7-13)17(23)24-3/h4-9,11H,10H2,1-3H3,(H,18,20)(H,19,21,22). The normalized spacial score (nSPS) is 10.3. The average molecular weight is 328 g/mol. The van der Waals surface area contributed by atoms with Crippen LogP contribution in [0.15, 0.2) is 36.4 Å². The number of hydrogen-bond acceptors (Lipinski definition) is 6. The Labute approximate surface area is 140 Å². The summed E-state index contributed by atoms with van der Waals surface area (Å²) in [6, 6.07) is 10.2. The molecule has 0 fully saturated rings. The Hall–Kier alpha value is -2.96. The van der Waals surface area contributed by atoms with Gasteiger partial charge < -0.3 is 15.4 Å².